The van der Waals surface area contributed by atoms with Gasteiger partial charge in [0.05, 0.1) is 24.4 Å². The molecular formula is C14H17N3O3. The topological polar surface area (TPSA) is 84.3 Å². The van der Waals surface area contributed by atoms with Crippen LogP contribution < -0.4 is 5.32 Å². The zero-order chi connectivity index (χ0) is 14.5. The van der Waals surface area contributed by atoms with Crippen LogP contribution in [0.4, 0.5) is 5.69 Å². The van der Waals surface area contributed by atoms with Crippen LogP contribution in [0.3, 0.4) is 0 Å². The fourth-order valence-corrected chi connectivity index (χ4v) is 1.83. The number of esters is 1. The molecule has 0 aliphatic heterocycles. The highest BCUT2D eigenvalue weighted by atomic mass is 16.5. The number of nitrogens with zero attached hydrogens (tertiary/aromatic N) is 2. The van der Waals surface area contributed by atoms with E-state index in [0.29, 0.717) is 11.2 Å². The molecular weight excluding hydrogens is 258 g/mol. The molecule has 0 amide bonds. The number of fused-ring (bicyclic) bond motifs is 1. The maximum absolute atomic E-state index is 12.0. The lowest BCUT2D eigenvalue weighted by Crippen LogP contribution is -2.22. The predicted molar refractivity (Wildman–Crippen MR) is 75.7 cm³/mol. The lowest BCUT2D eigenvalue weighted by Gasteiger charge is -2.16. The minimum absolute atomic E-state index is 0.0566. The van der Waals surface area contributed by atoms with E-state index in [1.807, 2.05) is 31.2 Å². The molecule has 0 bridgehead atoms. The van der Waals surface area contributed by atoms with Gasteiger partial charge in [0.2, 0.25) is 0 Å². The summed E-state index contributed by atoms with van der Waals surface area (Å²) in [5.41, 5.74) is 1.34. The fraction of sp³-hybridized carbons (Fsp3) is 0.357. The van der Waals surface area contributed by atoms with Gasteiger partial charge in [0.1, 0.15) is 0 Å². The number of nitrogens with one attached hydrogen (secondary N) is 1. The van der Waals surface area contributed by atoms with Crippen LogP contribution in [0.15, 0.2) is 24.3 Å². The monoisotopic (exact) mass is 275 g/mol. The van der Waals surface area contributed by atoms with E-state index in [0.717, 1.165) is 5.39 Å². The van der Waals surface area contributed by atoms with Crippen molar-refractivity contribution >= 4 is 22.6 Å². The first-order chi connectivity index (χ1) is 9.67. The third-order valence-electron chi connectivity index (χ3n) is 2.80. The van der Waals surface area contributed by atoms with Gasteiger partial charge in [-0.3, -0.25) is 0 Å². The van der Waals surface area contributed by atoms with Crippen molar-refractivity contribution in [3.05, 3.63) is 30.0 Å². The molecule has 1 heterocycles. The lowest BCUT2D eigenvalue weighted by molar-refractivity contribution is 0.0519. The van der Waals surface area contributed by atoms with Crippen molar-refractivity contribution in [2.75, 3.05) is 18.5 Å². The van der Waals surface area contributed by atoms with Gasteiger partial charge < -0.3 is 15.2 Å². The number of aliphatic hydroxyl groups excluding tert-OH is 1. The molecule has 1 aromatic carbocycles. The van der Waals surface area contributed by atoms with Gasteiger partial charge in [-0.05, 0) is 19.9 Å². The van der Waals surface area contributed by atoms with Crippen LogP contribution in [0, 0.1) is 0 Å². The van der Waals surface area contributed by atoms with Gasteiger partial charge in [0, 0.05) is 11.4 Å². The number of benzene rings is 1. The molecule has 106 valence electrons. The Morgan fingerprint density at radius 1 is 1.40 bits per heavy atom. The quantitative estimate of drug-likeness (QED) is 0.806. The Labute approximate surface area is 116 Å². The second-order valence-corrected chi connectivity index (χ2v) is 4.39. The Balaban J connectivity index is 2.55. The molecule has 0 saturated heterocycles. The minimum atomic E-state index is -0.529. The van der Waals surface area contributed by atoms with Crippen LogP contribution in [0.2, 0.25) is 0 Å². The summed E-state index contributed by atoms with van der Waals surface area (Å²) in [6.45, 7) is 3.75. The van der Waals surface area contributed by atoms with Gasteiger partial charge in [-0.1, -0.05) is 18.2 Å². The summed E-state index contributed by atoms with van der Waals surface area (Å²) < 4.78 is 4.99. The number of ether oxygens (including phenoxy) is 1. The van der Waals surface area contributed by atoms with Gasteiger partial charge in [0.15, 0.2) is 5.69 Å². The van der Waals surface area contributed by atoms with E-state index >= 15 is 0 Å². The molecule has 6 heteroatoms. The summed E-state index contributed by atoms with van der Waals surface area (Å²) in [6, 6.07) is 7.15. The van der Waals surface area contributed by atoms with E-state index in [1.54, 1.807) is 6.92 Å². The van der Waals surface area contributed by atoms with E-state index in [1.165, 1.54) is 0 Å². The van der Waals surface area contributed by atoms with Crippen LogP contribution in [-0.4, -0.2) is 40.5 Å². The number of carbonyl (C=O) groups excluding carboxylic acids is 1. The number of hydrogen-bond acceptors (Lipinski definition) is 6. The first-order valence-corrected chi connectivity index (χ1v) is 6.47. The molecule has 0 saturated carbocycles. The van der Waals surface area contributed by atoms with E-state index in [9.17, 15) is 9.90 Å². The molecule has 1 unspecified atom stereocenters. The van der Waals surface area contributed by atoms with Gasteiger partial charge >= 0.3 is 5.97 Å². The summed E-state index contributed by atoms with van der Waals surface area (Å²) >= 11 is 0. The summed E-state index contributed by atoms with van der Waals surface area (Å²) in [5.74, 6) is -0.529. The molecule has 0 aliphatic rings. The van der Waals surface area contributed by atoms with Crippen molar-refractivity contribution in [1.82, 2.24) is 10.2 Å². The molecule has 2 aromatic rings. The highest BCUT2D eigenvalue weighted by molar-refractivity contribution is 6.03. The summed E-state index contributed by atoms with van der Waals surface area (Å²) in [6.07, 6.45) is 0. The molecule has 6 nitrogen and oxygen atoms in total. The van der Waals surface area contributed by atoms with Crippen LogP contribution in [0.5, 0.6) is 0 Å². The maximum Gasteiger partial charge on any atom is 0.361 e. The second-order valence-electron chi connectivity index (χ2n) is 4.39. The van der Waals surface area contributed by atoms with Crippen LogP contribution in [-0.2, 0) is 4.74 Å². The molecule has 0 radical (unpaired) electrons. The number of hydrogen-bond donors (Lipinski definition) is 2. The third-order valence-corrected chi connectivity index (χ3v) is 2.80. The SMILES string of the molecule is CCOC(=O)c1nnc2ccccc2c1NC(C)CO. The van der Waals surface area contributed by atoms with Gasteiger partial charge in [-0.2, -0.15) is 0 Å². The summed E-state index contributed by atoms with van der Waals surface area (Å²) in [7, 11) is 0. The highest BCUT2D eigenvalue weighted by Crippen LogP contribution is 2.25. The molecule has 0 fully saturated rings. The number of carbonyl (C=O) groups is 1. The Morgan fingerprint density at radius 2 is 2.15 bits per heavy atom. The third kappa shape index (κ3) is 2.85. The number of aliphatic hydroxyl groups is 1. The Hall–Kier alpha value is -2.21. The van der Waals surface area contributed by atoms with Gasteiger partial charge in [0.25, 0.3) is 0 Å². The molecule has 1 atom stereocenters. The fourth-order valence-electron chi connectivity index (χ4n) is 1.83. The first kappa shape index (κ1) is 14.2. The zero-order valence-electron chi connectivity index (χ0n) is 11.5. The summed E-state index contributed by atoms with van der Waals surface area (Å²) in [5, 5.41) is 21.0. The average molecular weight is 275 g/mol. The van der Waals surface area contributed by atoms with Crippen molar-refractivity contribution in [2.24, 2.45) is 0 Å². The van der Waals surface area contributed by atoms with Crippen LogP contribution in [0.1, 0.15) is 24.3 Å². The normalized spacial score (nSPS) is 12.2. The molecule has 0 spiro atoms. The maximum atomic E-state index is 12.0. The molecule has 20 heavy (non-hydrogen) atoms. The van der Waals surface area contributed by atoms with E-state index in [4.69, 9.17) is 4.74 Å². The smallest absolute Gasteiger partial charge is 0.361 e. The Bertz CT molecular complexity index is 616. The predicted octanol–water partition coefficient (Wildman–Crippen LogP) is 1.60. The molecule has 1 aromatic heterocycles. The largest absolute Gasteiger partial charge is 0.461 e. The minimum Gasteiger partial charge on any atom is -0.461 e. The zero-order valence-corrected chi connectivity index (χ0v) is 11.5. The first-order valence-electron chi connectivity index (χ1n) is 6.47. The van der Waals surface area contributed by atoms with E-state index in [2.05, 4.69) is 15.5 Å². The van der Waals surface area contributed by atoms with Crippen molar-refractivity contribution in [3.8, 4) is 0 Å². The van der Waals surface area contributed by atoms with Crippen molar-refractivity contribution in [2.45, 2.75) is 19.9 Å². The van der Waals surface area contributed by atoms with E-state index < -0.39 is 5.97 Å². The lowest BCUT2D eigenvalue weighted by atomic mass is 10.1. The van der Waals surface area contributed by atoms with Crippen molar-refractivity contribution < 1.29 is 14.6 Å². The highest BCUT2D eigenvalue weighted by Gasteiger charge is 2.19. The number of aromatic nitrogens is 2. The number of rotatable bonds is 5. The van der Waals surface area contributed by atoms with E-state index in [-0.39, 0.29) is 24.9 Å². The Morgan fingerprint density at radius 3 is 2.85 bits per heavy atom. The van der Waals surface area contributed by atoms with Crippen LogP contribution >= 0.6 is 0 Å². The Kier molecular flexibility index (Phi) is 4.47. The average Bonchev–Trinajstić information content (AvgIpc) is 2.47. The van der Waals surface area contributed by atoms with Gasteiger partial charge in [-0.15, -0.1) is 10.2 Å². The second kappa shape index (κ2) is 6.29. The van der Waals surface area contributed by atoms with Crippen molar-refractivity contribution in [1.29, 1.82) is 0 Å². The van der Waals surface area contributed by atoms with Crippen LogP contribution in [0.25, 0.3) is 10.9 Å². The van der Waals surface area contributed by atoms with Gasteiger partial charge in [-0.25, -0.2) is 4.79 Å². The summed E-state index contributed by atoms with van der Waals surface area (Å²) in [4.78, 5) is 12.0. The molecule has 2 rings (SSSR count). The van der Waals surface area contributed by atoms with Crippen molar-refractivity contribution in [3.63, 3.8) is 0 Å². The molecule has 2 N–H and O–H groups in total. The standard InChI is InChI=1S/C14H17N3O3/c1-3-20-14(19)13-12(15-9(2)8-18)10-6-4-5-7-11(10)16-17-13/h4-7,9,18H,3,8H2,1-2H3,(H,15,16). The number of anilines is 1. The molecule has 0 aliphatic carbocycles.